The number of rotatable bonds is 7. The molecule has 0 fully saturated rings. The molecule has 1 atom stereocenters. The number of aromatic nitrogens is 5. The van der Waals surface area contributed by atoms with Crippen molar-refractivity contribution in [1.82, 2.24) is 24.7 Å². The lowest BCUT2D eigenvalue weighted by Crippen LogP contribution is -2.18. The summed E-state index contributed by atoms with van der Waals surface area (Å²) < 4.78 is 6.48. The molecule has 1 unspecified atom stereocenters. The fraction of sp³-hybridized carbons (Fsp3) is 0.120. The molecule has 0 spiro atoms. The zero-order chi connectivity index (χ0) is 26.9. The first-order chi connectivity index (χ1) is 17.7. The average molecular weight is 501 g/mol. The number of nitrogens with one attached hydrogen (secondary N) is 3. The smallest absolute Gasteiger partial charge is 0.350 e. The minimum absolute atomic E-state index is 0.0320. The Morgan fingerprint density at radius 2 is 1.89 bits per heavy atom. The predicted molar refractivity (Wildman–Crippen MR) is 137 cm³/mol. The maximum atomic E-state index is 12.6. The van der Waals surface area contributed by atoms with Gasteiger partial charge in [0, 0.05) is 36.1 Å². The van der Waals surface area contributed by atoms with Crippen molar-refractivity contribution in [3.63, 3.8) is 0 Å². The summed E-state index contributed by atoms with van der Waals surface area (Å²) in [5, 5.41) is 22.8. The van der Waals surface area contributed by atoms with Crippen molar-refractivity contribution < 1.29 is 14.6 Å². The van der Waals surface area contributed by atoms with Gasteiger partial charge in [-0.3, -0.25) is 15.2 Å². The van der Waals surface area contributed by atoms with Crippen molar-refractivity contribution in [3.05, 3.63) is 93.9 Å². The molecule has 12 heteroatoms. The molecule has 2 aromatic carbocycles. The minimum Gasteiger partial charge on any atom is -0.497 e. The van der Waals surface area contributed by atoms with E-state index in [1.165, 1.54) is 12.4 Å². The summed E-state index contributed by atoms with van der Waals surface area (Å²) in [6.07, 6.45) is 8.68. The van der Waals surface area contributed by atoms with Crippen molar-refractivity contribution in [2.24, 2.45) is 5.73 Å². The highest BCUT2D eigenvalue weighted by Gasteiger charge is 2.22. The average Bonchev–Trinajstić information content (AvgIpc) is 3.28. The van der Waals surface area contributed by atoms with Crippen LogP contribution in [-0.2, 0) is 4.79 Å². The first-order valence-electron chi connectivity index (χ1n) is 10.7. The van der Waals surface area contributed by atoms with Crippen LogP contribution in [0.3, 0.4) is 0 Å². The summed E-state index contributed by atoms with van der Waals surface area (Å²) in [4.78, 5) is 32.6. The lowest BCUT2D eigenvalue weighted by atomic mass is 10.0. The SMILES string of the molecule is C#Cc1cc(OC)cc(C(Nc2ccc(C(=N)N)cc2)c2nn(-c3ncccn3)c(=O)[nH]2)c1.CC(=O)O. The number of carboxylic acid groups (broad SMARTS) is 1. The normalized spacial score (nSPS) is 10.8. The minimum atomic E-state index is -0.833. The van der Waals surface area contributed by atoms with E-state index >= 15 is 0 Å². The van der Waals surface area contributed by atoms with Gasteiger partial charge in [-0.1, -0.05) is 5.92 Å². The maximum absolute atomic E-state index is 12.6. The van der Waals surface area contributed by atoms with Gasteiger partial charge in [0.1, 0.15) is 17.6 Å². The lowest BCUT2D eigenvalue weighted by molar-refractivity contribution is -0.134. The van der Waals surface area contributed by atoms with Crippen LogP contribution >= 0.6 is 0 Å². The Morgan fingerprint density at radius 1 is 1.24 bits per heavy atom. The van der Waals surface area contributed by atoms with Crippen molar-refractivity contribution in [2.75, 3.05) is 12.4 Å². The fourth-order valence-corrected chi connectivity index (χ4v) is 3.22. The summed E-state index contributed by atoms with van der Waals surface area (Å²) in [6, 6.07) is 13.4. The van der Waals surface area contributed by atoms with Gasteiger partial charge in [0.25, 0.3) is 11.9 Å². The van der Waals surface area contributed by atoms with Gasteiger partial charge in [-0.2, -0.15) is 0 Å². The number of nitrogen functional groups attached to an aromatic ring is 1. The Hall–Kier alpha value is -5.44. The fourth-order valence-electron chi connectivity index (χ4n) is 3.22. The van der Waals surface area contributed by atoms with Gasteiger partial charge in [0.15, 0.2) is 5.82 Å². The highest BCUT2D eigenvalue weighted by Crippen LogP contribution is 2.28. The maximum Gasteiger partial charge on any atom is 0.350 e. The number of hydrogen-bond acceptors (Lipinski definition) is 8. The van der Waals surface area contributed by atoms with Crippen LogP contribution in [-0.4, -0.2) is 48.8 Å². The molecule has 4 aromatic rings. The van der Waals surface area contributed by atoms with Gasteiger partial charge in [-0.15, -0.1) is 16.2 Å². The Labute approximate surface area is 211 Å². The molecule has 2 aromatic heterocycles. The molecule has 4 rings (SSSR count). The zero-order valence-electron chi connectivity index (χ0n) is 20.0. The molecule has 0 radical (unpaired) electrons. The predicted octanol–water partition coefficient (Wildman–Crippen LogP) is 1.92. The lowest BCUT2D eigenvalue weighted by Gasteiger charge is -2.19. The van der Waals surface area contributed by atoms with Crippen LogP contribution in [0.15, 0.2) is 65.7 Å². The Balaban J connectivity index is 0.000000886. The zero-order valence-corrected chi connectivity index (χ0v) is 20.0. The Kier molecular flexibility index (Phi) is 8.35. The van der Waals surface area contributed by atoms with Crippen LogP contribution in [0.5, 0.6) is 5.75 Å². The number of terminal acetylenes is 1. The number of nitrogens with zero attached hydrogens (tertiary/aromatic N) is 4. The van der Waals surface area contributed by atoms with E-state index in [4.69, 9.17) is 32.2 Å². The monoisotopic (exact) mass is 500 g/mol. The molecule has 2 heterocycles. The number of aromatic amines is 1. The van der Waals surface area contributed by atoms with Crippen LogP contribution in [0.25, 0.3) is 5.95 Å². The number of H-pyrrole nitrogens is 1. The van der Waals surface area contributed by atoms with E-state index in [0.29, 0.717) is 34.0 Å². The van der Waals surface area contributed by atoms with Gasteiger partial charge in [0.05, 0.1) is 7.11 Å². The van der Waals surface area contributed by atoms with Gasteiger partial charge in [-0.25, -0.2) is 14.8 Å². The third-order valence-corrected chi connectivity index (χ3v) is 4.82. The Morgan fingerprint density at radius 3 is 2.46 bits per heavy atom. The number of amidine groups is 1. The van der Waals surface area contributed by atoms with Crippen molar-refractivity contribution in [1.29, 1.82) is 5.41 Å². The topological polar surface area (TPSA) is 185 Å². The molecule has 0 aliphatic rings. The van der Waals surface area contributed by atoms with E-state index < -0.39 is 17.7 Å². The largest absolute Gasteiger partial charge is 0.497 e. The molecule has 0 aliphatic heterocycles. The number of aliphatic carboxylic acids is 1. The Bertz CT molecular complexity index is 1480. The van der Waals surface area contributed by atoms with Gasteiger partial charge in [-0.05, 0) is 54.1 Å². The number of nitrogens with two attached hydrogens (primary N) is 1. The molecule has 0 saturated heterocycles. The number of carboxylic acids is 1. The van der Waals surface area contributed by atoms with Crippen LogP contribution in [0.4, 0.5) is 5.69 Å². The van der Waals surface area contributed by atoms with E-state index in [1.54, 1.807) is 55.6 Å². The first-order valence-corrected chi connectivity index (χ1v) is 10.7. The van der Waals surface area contributed by atoms with E-state index in [2.05, 4.69) is 31.3 Å². The van der Waals surface area contributed by atoms with Crippen LogP contribution < -0.4 is 21.5 Å². The van der Waals surface area contributed by atoms with Crippen LogP contribution in [0.2, 0.25) is 0 Å². The molecule has 0 aliphatic carbocycles. The van der Waals surface area contributed by atoms with Gasteiger partial charge >= 0.3 is 5.69 Å². The second-order valence-electron chi connectivity index (χ2n) is 7.50. The van der Waals surface area contributed by atoms with E-state index in [9.17, 15) is 4.79 Å². The molecule has 0 bridgehead atoms. The summed E-state index contributed by atoms with van der Waals surface area (Å²) in [7, 11) is 1.55. The van der Waals surface area contributed by atoms with E-state index in [0.717, 1.165) is 11.6 Å². The first kappa shape index (κ1) is 26.2. The molecule has 37 heavy (non-hydrogen) atoms. The number of hydrogen-bond donors (Lipinski definition) is 5. The molecule has 0 saturated carbocycles. The summed E-state index contributed by atoms with van der Waals surface area (Å²) in [5.41, 5.74) is 7.68. The number of carbonyl (C=O) groups is 1. The van der Waals surface area contributed by atoms with E-state index in [1.807, 2.05) is 0 Å². The third kappa shape index (κ3) is 6.80. The van der Waals surface area contributed by atoms with Gasteiger partial charge in [0.2, 0.25) is 0 Å². The third-order valence-electron chi connectivity index (χ3n) is 4.82. The number of benzene rings is 2. The molecular formula is C25H24N8O4. The number of anilines is 1. The summed E-state index contributed by atoms with van der Waals surface area (Å²) in [6.45, 7) is 1.08. The van der Waals surface area contributed by atoms with Crippen molar-refractivity contribution in [3.8, 4) is 24.0 Å². The van der Waals surface area contributed by atoms with E-state index in [-0.39, 0.29) is 11.8 Å². The number of methoxy groups -OCH3 is 1. The second-order valence-corrected chi connectivity index (χ2v) is 7.50. The quantitative estimate of drug-likeness (QED) is 0.144. The molecule has 12 nitrogen and oxygen atoms in total. The highest BCUT2D eigenvalue weighted by atomic mass is 16.5. The molecule has 188 valence electrons. The molecule has 6 N–H and O–H groups in total. The van der Waals surface area contributed by atoms with Crippen molar-refractivity contribution >= 4 is 17.5 Å². The molecule has 0 amide bonds. The van der Waals surface area contributed by atoms with Crippen molar-refractivity contribution in [2.45, 2.75) is 13.0 Å². The second kappa shape index (κ2) is 11.8. The highest BCUT2D eigenvalue weighted by molar-refractivity contribution is 5.95. The standard InChI is InChI=1S/C23H20N8O2.C2H4O2/c1-3-14-11-16(13-18(12-14)33-2)19(28-17-7-5-15(6-8-17)20(24)25)21-29-23(32)31(30-21)22-26-9-4-10-27-22;1-2(3)4/h1,4-13,19,28H,2H3,(H3,24,25)(H,29,30,32);1H3,(H,3,4). The van der Waals surface area contributed by atoms with Gasteiger partial charge < -0.3 is 20.9 Å². The summed E-state index contributed by atoms with van der Waals surface area (Å²) >= 11 is 0. The van der Waals surface area contributed by atoms with Crippen LogP contribution in [0, 0.1) is 17.8 Å². The molecular weight excluding hydrogens is 476 g/mol. The summed E-state index contributed by atoms with van der Waals surface area (Å²) in [5.74, 6) is 2.77. The number of ether oxygens (including phenoxy) is 1. The van der Waals surface area contributed by atoms with Crippen LogP contribution in [0.1, 0.15) is 35.5 Å².